The van der Waals surface area contributed by atoms with Gasteiger partial charge in [-0.15, -0.1) is 0 Å². The number of carbonyl (C=O) groups excluding carboxylic acids is 3. The van der Waals surface area contributed by atoms with Crippen LogP contribution in [0.15, 0.2) is 30.3 Å². The van der Waals surface area contributed by atoms with Gasteiger partial charge in [-0.25, -0.2) is 4.79 Å². The summed E-state index contributed by atoms with van der Waals surface area (Å²) in [6.07, 6.45) is -0.138. The van der Waals surface area contributed by atoms with Crippen LogP contribution in [-0.4, -0.2) is 47.5 Å². The van der Waals surface area contributed by atoms with Crippen molar-refractivity contribution in [2.75, 3.05) is 6.54 Å². The lowest BCUT2D eigenvalue weighted by atomic mass is 10.0. The van der Waals surface area contributed by atoms with Crippen LogP contribution >= 0.6 is 0 Å². The van der Waals surface area contributed by atoms with Gasteiger partial charge in [-0.3, -0.25) is 14.4 Å². The minimum atomic E-state index is -1.16. The zero-order valence-electron chi connectivity index (χ0n) is 16.8. The normalized spacial score (nSPS) is 12.7. The molecule has 29 heavy (non-hydrogen) atoms. The molecule has 2 atom stereocenters. The molecule has 0 unspecified atom stereocenters. The van der Waals surface area contributed by atoms with Crippen molar-refractivity contribution < 1.29 is 24.3 Å². The minimum absolute atomic E-state index is 0.100. The molecule has 0 spiro atoms. The average Bonchev–Trinajstić information content (AvgIpc) is 2.63. The summed E-state index contributed by atoms with van der Waals surface area (Å²) in [5, 5.41) is 16.1. The second-order valence-corrected chi connectivity index (χ2v) is 7.25. The first kappa shape index (κ1) is 23.9. The fraction of sp³-hybridized carbons (Fsp3) is 0.500. The van der Waals surface area contributed by atoms with Crippen molar-refractivity contribution >= 4 is 23.8 Å². The van der Waals surface area contributed by atoms with Crippen molar-refractivity contribution in [1.29, 1.82) is 0 Å². The molecule has 0 aliphatic carbocycles. The first-order valence-electron chi connectivity index (χ1n) is 9.58. The lowest BCUT2D eigenvalue weighted by molar-refractivity contribution is -0.131. The van der Waals surface area contributed by atoms with E-state index in [1.54, 1.807) is 12.1 Å². The van der Waals surface area contributed by atoms with E-state index >= 15 is 0 Å². The number of rotatable bonds is 12. The summed E-state index contributed by atoms with van der Waals surface area (Å²) in [6, 6.07) is 7.32. The first-order valence-corrected chi connectivity index (χ1v) is 9.58. The summed E-state index contributed by atoms with van der Waals surface area (Å²) >= 11 is 0. The maximum atomic E-state index is 12.7. The van der Waals surface area contributed by atoms with Gasteiger partial charge < -0.3 is 26.8 Å². The molecule has 0 aromatic heterocycles. The van der Waals surface area contributed by atoms with E-state index in [2.05, 4.69) is 16.0 Å². The van der Waals surface area contributed by atoms with E-state index < -0.39 is 30.0 Å². The maximum Gasteiger partial charge on any atom is 0.404 e. The fourth-order valence-electron chi connectivity index (χ4n) is 2.79. The monoisotopic (exact) mass is 406 g/mol. The van der Waals surface area contributed by atoms with Gasteiger partial charge in [0.25, 0.3) is 0 Å². The van der Waals surface area contributed by atoms with Crippen LogP contribution in [0.2, 0.25) is 0 Å². The minimum Gasteiger partial charge on any atom is -0.465 e. The van der Waals surface area contributed by atoms with Crippen molar-refractivity contribution in [3.63, 3.8) is 0 Å². The summed E-state index contributed by atoms with van der Waals surface area (Å²) in [4.78, 5) is 47.3. The lowest BCUT2D eigenvalue weighted by Gasteiger charge is -2.23. The van der Waals surface area contributed by atoms with Crippen LogP contribution in [0.5, 0.6) is 0 Å². The molecule has 0 bridgehead atoms. The molecule has 0 saturated carbocycles. The number of benzene rings is 1. The van der Waals surface area contributed by atoms with Crippen molar-refractivity contribution in [3.8, 4) is 0 Å². The number of hydrogen-bond acceptors (Lipinski definition) is 4. The molecule has 0 saturated heterocycles. The van der Waals surface area contributed by atoms with Gasteiger partial charge in [0.1, 0.15) is 12.1 Å². The molecule has 4 amide bonds. The highest BCUT2D eigenvalue weighted by atomic mass is 16.4. The number of nitrogens with two attached hydrogens (primary N) is 1. The predicted octanol–water partition coefficient (Wildman–Crippen LogP) is 0.778. The van der Waals surface area contributed by atoms with Gasteiger partial charge in [0.05, 0.1) is 6.42 Å². The second-order valence-electron chi connectivity index (χ2n) is 7.25. The number of carboxylic acid groups (broad SMARTS) is 1. The number of carbonyl (C=O) groups is 4. The Kier molecular flexibility index (Phi) is 10.2. The highest BCUT2D eigenvalue weighted by molar-refractivity contribution is 5.91. The molecule has 9 nitrogen and oxygen atoms in total. The third-order valence-electron chi connectivity index (χ3n) is 4.17. The summed E-state index contributed by atoms with van der Waals surface area (Å²) < 4.78 is 0. The average molecular weight is 406 g/mol. The maximum absolute atomic E-state index is 12.7. The van der Waals surface area contributed by atoms with Gasteiger partial charge in [-0.1, -0.05) is 44.2 Å². The molecule has 6 N–H and O–H groups in total. The van der Waals surface area contributed by atoms with Crippen molar-refractivity contribution in [2.24, 2.45) is 11.7 Å². The van der Waals surface area contributed by atoms with Gasteiger partial charge in [-0.05, 0) is 30.7 Å². The van der Waals surface area contributed by atoms with E-state index in [-0.39, 0.29) is 31.2 Å². The Morgan fingerprint density at radius 2 is 1.69 bits per heavy atom. The first-order chi connectivity index (χ1) is 13.7. The van der Waals surface area contributed by atoms with E-state index in [1.807, 2.05) is 32.0 Å². The Balaban J connectivity index is 2.76. The van der Waals surface area contributed by atoms with Gasteiger partial charge in [0.2, 0.25) is 17.7 Å². The summed E-state index contributed by atoms with van der Waals surface area (Å²) in [5.74, 6) is -1.37. The van der Waals surface area contributed by atoms with Gasteiger partial charge in [0, 0.05) is 6.54 Å². The van der Waals surface area contributed by atoms with Crippen LogP contribution in [-0.2, 0) is 20.8 Å². The molecule has 0 fully saturated rings. The highest BCUT2D eigenvalue weighted by Crippen LogP contribution is 2.07. The second kappa shape index (κ2) is 12.4. The quantitative estimate of drug-likeness (QED) is 0.325. The van der Waals surface area contributed by atoms with E-state index in [0.29, 0.717) is 12.8 Å². The molecule has 160 valence electrons. The smallest absolute Gasteiger partial charge is 0.404 e. The Morgan fingerprint density at radius 3 is 2.24 bits per heavy atom. The van der Waals surface area contributed by atoms with Gasteiger partial charge >= 0.3 is 6.09 Å². The molecule has 0 aliphatic rings. The molecule has 0 radical (unpaired) electrons. The van der Waals surface area contributed by atoms with Crippen LogP contribution in [0.1, 0.15) is 38.7 Å². The highest BCUT2D eigenvalue weighted by Gasteiger charge is 2.26. The van der Waals surface area contributed by atoms with E-state index in [1.165, 1.54) is 0 Å². The lowest BCUT2D eigenvalue weighted by Crippen LogP contribution is -2.53. The number of amides is 4. The molecular weight excluding hydrogens is 376 g/mol. The van der Waals surface area contributed by atoms with Crippen molar-refractivity contribution in [1.82, 2.24) is 16.0 Å². The van der Waals surface area contributed by atoms with Gasteiger partial charge in [0.15, 0.2) is 0 Å². The third kappa shape index (κ3) is 10.1. The van der Waals surface area contributed by atoms with E-state index in [4.69, 9.17) is 10.8 Å². The Morgan fingerprint density at radius 1 is 1.03 bits per heavy atom. The van der Waals surface area contributed by atoms with Crippen LogP contribution in [0.4, 0.5) is 4.79 Å². The largest absolute Gasteiger partial charge is 0.465 e. The summed E-state index contributed by atoms with van der Waals surface area (Å²) in [6.45, 7) is 3.94. The molecular formula is C20H30N4O5. The Labute approximate surface area is 170 Å². The summed E-state index contributed by atoms with van der Waals surface area (Å²) in [7, 11) is 0. The zero-order valence-corrected chi connectivity index (χ0v) is 16.8. The molecule has 9 heteroatoms. The Bertz CT molecular complexity index is 693. The van der Waals surface area contributed by atoms with Crippen LogP contribution in [0, 0.1) is 5.92 Å². The van der Waals surface area contributed by atoms with Crippen LogP contribution < -0.4 is 21.7 Å². The van der Waals surface area contributed by atoms with Crippen LogP contribution in [0.3, 0.4) is 0 Å². The standard InChI is InChI=1S/C20H30N4O5/c1-13(2)11-16(18(21)26)24-19(27)15(9-6-10-22-20(28)29)23-17(25)12-14-7-4-3-5-8-14/h3-5,7-8,13,15-16,22H,6,9-12H2,1-2H3,(H2,21,26)(H,23,25)(H,24,27)(H,28,29)/t15-,16-/m0/s1. The van der Waals surface area contributed by atoms with Gasteiger partial charge in [-0.2, -0.15) is 0 Å². The Hall–Kier alpha value is -3.10. The zero-order chi connectivity index (χ0) is 21.8. The number of hydrogen-bond donors (Lipinski definition) is 5. The predicted molar refractivity (Wildman–Crippen MR) is 108 cm³/mol. The molecule has 0 aliphatic heterocycles. The number of primary amides is 1. The third-order valence-corrected chi connectivity index (χ3v) is 4.17. The summed E-state index contributed by atoms with van der Waals surface area (Å²) in [5.41, 5.74) is 6.17. The molecule has 1 aromatic rings. The molecule has 0 heterocycles. The van der Waals surface area contributed by atoms with Crippen molar-refractivity contribution in [3.05, 3.63) is 35.9 Å². The molecule has 1 aromatic carbocycles. The fourth-order valence-corrected chi connectivity index (χ4v) is 2.79. The molecule has 1 rings (SSSR count). The van der Waals surface area contributed by atoms with Crippen molar-refractivity contribution in [2.45, 2.75) is 51.6 Å². The van der Waals surface area contributed by atoms with E-state index in [9.17, 15) is 19.2 Å². The van der Waals surface area contributed by atoms with E-state index in [0.717, 1.165) is 5.56 Å². The number of nitrogens with one attached hydrogen (secondary N) is 3. The SMILES string of the molecule is CC(C)C[C@H](NC(=O)[C@H](CCCNC(=O)O)NC(=O)Cc1ccccc1)C(N)=O. The van der Waals surface area contributed by atoms with Crippen LogP contribution in [0.25, 0.3) is 0 Å². The topological polar surface area (TPSA) is 151 Å².